The first kappa shape index (κ1) is 14.4. The number of hydrogen-bond acceptors (Lipinski definition) is 4. The molecule has 0 atom stereocenters. The minimum Gasteiger partial charge on any atom is -0.397 e. The number of nitrogens with zero attached hydrogens (tertiary/aromatic N) is 2. The molecule has 0 fully saturated rings. The van der Waals surface area contributed by atoms with E-state index in [4.69, 9.17) is 5.73 Å². The highest BCUT2D eigenvalue weighted by Crippen LogP contribution is 2.25. The lowest BCUT2D eigenvalue weighted by atomic mass is 10.1. The Morgan fingerprint density at radius 3 is 2.55 bits per heavy atom. The molecule has 106 valence electrons. The summed E-state index contributed by atoms with van der Waals surface area (Å²) in [6.07, 6.45) is 0. The molecule has 0 bridgehead atoms. The Balaban J connectivity index is 2.19. The molecule has 0 spiro atoms. The number of anilines is 2. The van der Waals surface area contributed by atoms with Crippen LogP contribution in [0.15, 0.2) is 35.0 Å². The molecule has 0 saturated heterocycles. The summed E-state index contributed by atoms with van der Waals surface area (Å²) in [6.45, 7) is 0.800. The summed E-state index contributed by atoms with van der Waals surface area (Å²) in [6, 6.07) is 7.56. The highest BCUT2D eigenvalue weighted by Gasteiger charge is 2.12. The number of carbonyl (C=O) groups excluding carboxylic acids is 1. The zero-order chi connectivity index (χ0) is 14.7. The maximum absolute atomic E-state index is 11.9. The summed E-state index contributed by atoms with van der Waals surface area (Å²) in [5.74, 6) is -0.0382. The molecule has 1 aromatic carbocycles. The van der Waals surface area contributed by atoms with Gasteiger partial charge >= 0.3 is 0 Å². The fraction of sp³-hybridized carbons (Fsp3) is 0.267. The van der Waals surface area contributed by atoms with Gasteiger partial charge in [-0.05, 0) is 40.6 Å². The van der Waals surface area contributed by atoms with Crippen molar-refractivity contribution in [2.45, 2.75) is 6.54 Å². The average Bonchev–Trinajstić information content (AvgIpc) is 2.90. The molecule has 0 radical (unpaired) electrons. The Bertz CT molecular complexity index is 593. The van der Waals surface area contributed by atoms with Gasteiger partial charge < -0.3 is 15.5 Å². The van der Waals surface area contributed by atoms with Crippen LogP contribution in [0.5, 0.6) is 0 Å². The number of nitrogens with two attached hydrogens (primary N) is 1. The molecule has 0 aliphatic heterocycles. The maximum Gasteiger partial charge on any atom is 0.253 e. The minimum atomic E-state index is -0.0382. The molecule has 0 saturated carbocycles. The molecule has 0 aliphatic rings. The molecule has 2 rings (SSSR count). The first-order chi connectivity index (χ1) is 9.49. The van der Waals surface area contributed by atoms with Crippen molar-refractivity contribution in [2.24, 2.45) is 0 Å². The molecule has 1 amide bonds. The Morgan fingerprint density at radius 1 is 1.25 bits per heavy atom. The lowest BCUT2D eigenvalue weighted by Gasteiger charge is -2.21. The van der Waals surface area contributed by atoms with Gasteiger partial charge in [0.15, 0.2) is 0 Å². The first-order valence-electron chi connectivity index (χ1n) is 6.32. The quantitative estimate of drug-likeness (QED) is 0.880. The van der Waals surface area contributed by atoms with Crippen molar-refractivity contribution in [1.29, 1.82) is 0 Å². The van der Waals surface area contributed by atoms with Gasteiger partial charge in [0.1, 0.15) is 0 Å². The van der Waals surface area contributed by atoms with Gasteiger partial charge in [-0.1, -0.05) is 0 Å². The van der Waals surface area contributed by atoms with Crippen LogP contribution in [0.25, 0.3) is 0 Å². The monoisotopic (exact) mass is 289 g/mol. The zero-order valence-electron chi connectivity index (χ0n) is 12.0. The molecule has 4 nitrogen and oxygen atoms in total. The van der Waals surface area contributed by atoms with E-state index >= 15 is 0 Å². The van der Waals surface area contributed by atoms with Crippen LogP contribution in [-0.2, 0) is 6.54 Å². The van der Waals surface area contributed by atoms with Crippen LogP contribution >= 0.6 is 11.3 Å². The molecule has 1 heterocycles. The molecule has 2 aromatic rings. The normalized spacial score (nSPS) is 10.3. The zero-order valence-corrected chi connectivity index (χ0v) is 12.8. The van der Waals surface area contributed by atoms with E-state index in [0.717, 1.165) is 12.2 Å². The van der Waals surface area contributed by atoms with Gasteiger partial charge in [-0.2, -0.15) is 11.3 Å². The fourth-order valence-corrected chi connectivity index (χ4v) is 2.69. The summed E-state index contributed by atoms with van der Waals surface area (Å²) >= 11 is 1.68. The van der Waals surface area contributed by atoms with Crippen LogP contribution in [0.4, 0.5) is 11.4 Å². The van der Waals surface area contributed by atoms with Crippen molar-refractivity contribution < 1.29 is 4.79 Å². The van der Waals surface area contributed by atoms with Crippen molar-refractivity contribution >= 4 is 28.6 Å². The SMILES string of the molecule is CN(C)C(=O)c1ccc(N(C)Cc2ccsc2)c(N)c1. The molecule has 2 N–H and O–H groups in total. The fourth-order valence-electron chi connectivity index (χ4n) is 2.04. The number of thiophene rings is 1. The average molecular weight is 289 g/mol. The van der Waals surface area contributed by atoms with Gasteiger partial charge in [0.2, 0.25) is 0 Å². The van der Waals surface area contributed by atoms with Gasteiger partial charge in [-0.3, -0.25) is 4.79 Å². The summed E-state index contributed by atoms with van der Waals surface area (Å²) in [4.78, 5) is 15.5. The van der Waals surface area contributed by atoms with E-state index in [1.54, 1.807) is 36.4 Å². The standard InChI is InChI=1S/C15H19N3OS/c1-17(2)15(19)12-4-5-14(13(16)8-12)18(3)9-11-6-7-20-10-11/h4-8,10H,9,16H2,1-3H3. The summed E-state index contributed by atoms with van der Waals surface area (Å²) in [5, 5.41) is 4.18. The number of hydrogen-bond donors (Lipinski definition) is 1. The number of benzene rings is 1. The summed E-state index contributed by atoms with van der Waals surface area (Å²) < 4.78 is 0. The van der Waals surface area contributed by atoms with Crippen molar-refractivity contribution in [3.63, 3.8) is 0 Å². The molecule has 20 heavy (non-hydrogen) atoms. The van der Waals surface area contributed by atoms with E-state index in [2.05, 4.69) is 21.7 Å². The summed E-state index contributed by atoms with van der Waals surface area (Å²) in [7, 11) is 5.46. The third-order valence-corrected chi connectivity index (χ3v) is 3.82. The Kier molecular flexibility index (Phi) is 4.29. The highest BCUT2D eigenvalue weighted by atomic mass is 32.1. The van der Waals surface area contributed by atoms with Crippen molar-refractivity contribution in [2.75, 3.05) is 31.8 Å². The highest BCUT2D eigenvalue weighted by molar-refractivity contribution is 7.07. The smallest absolute Gasteiger partial charge is 0.253 e. The third-order valence-electron chi connectivity index (χ3n) is 3.09. The number of amides is 1. The number of rotatable bonds is 4. The molecule has 1 aromatic heterocycles. The summed E-state index contributed by atoms with van der Waals surface area (Å²) in [5.41, 5.74) is 9.50. The van der Waals surface area contributed by atoms with Crippen LogP contribution in [0.1, 0.15) is 15.9 Å². The topological polar surface area (TPSA) is 49.6 Å². The van der Waals surface area contributed by atoms with E-state index in [-0.39, 0.29) is 5.91 Å². The predicted molar refractivity (Wildman–Crippen MR) is 85.3 cm³/mol. The lowest BCUT2D eigenvalue weighted by molar-refractivity contribution is 0.0827. The second kappa shape index (κ2) is 5.96. The van der Waals surface area contributed by atoms with Crippen LogP contribution < -0.4 is 10.6 Å². The van der Waals surface area contributed by atoms with Crippen LogP contribution in [0, 0.1) is 0 Å². The second-order valence-electron chi connectivity index (χ2n) is 4.96. The molecular weight excluding hydrogens is 270 g/mol. The molecular formula is C15H19N3OS. The van der Waals surface area contributed by atoms with E-state index in [1.165, 1.54) is 5.56 Å². The van der Waals surface area contributed by atoms with Crippen LogP contribution in [0.2, 0.25) is 0 Å². The van der Waals surface area contributed by atoms with Crippen LogP contribution in [-0.4, -0.2) is 32.0 Å². The second-order valence-corrected chi connectivity index (χ2v) is 5.74. The Hall–Kier alpha value is -2.01. The van der Waals surface area contributed by atoms with Gasteiger partial charge in [-0.25, -0.2) is 0 Å². The van der Waals surface area contributed by atoms with Crippen LogP contribution in [0.3, 0.4) is 0 Å². The lowest BCUT2D eigenvalue weighted by Crippen LogP contribution is -2.22. The number of carbonyl (C=O) groups is 1. The molecule has 0 unspecified atom stereocenters. The van der Waals surface area contributed by atoms with Crippen molar-refractivity contribution in [1.82, 2.24) is 4.90 Å². The number of nitrogen functional groups attached to an aromatic ring is 1. The minimum absolute atomic E-state index is 0.0382. The predicted octanol–water partition coefficient (Wildman–Crippen LogP) is 2.67. The van der Waals surface area contributed by atoms with Gasteiger partial charge in [0.05, 0.1) is 11.4 Å². The largest absolute Gasteiger partial charge is 0.397 e. The Morgan fingerprint density at radius 2 is 2.00 bits per heavy atom. The van der Waals surface area contributed by atoms with E-state index in [0.29, 0.717) is 11.3 Å². The van der Waals surface area contributed by atoms with Crippen molar-refractivity contribution in [3.8, 4) is 0 Å². The molecule has 0 aliphatic carbocycles. The maximum atomic E-state index is 11.9. The third kappa shape index (κ3) is 3.11. The van der Waals surface area contributed by atoms with Gasteiger partial charge in [-0.15, -0.1) is 0 Å². The van der Waals surface area contributed by atoms with Crippen molar-refractivity contribution in [3.05, 3.63) is 46.2 Å². The van der Waals surface area contributed by atoms with E-state index in [1.807, 2.05) is 19.2 Å². The van der Waals surface area contributed by atoms with E-state index < -0.39 is 0 Å². The first-order valence-corrected chi connectivity index (χ1v) is 7.26. The molecule has 5 heteroatoms. The van der Waals surface area contributed by atoms with E-state index in [9.17, 15) is 4.79 Å². The Labute approximate surface area is 123 Å². The van der Waals surface area contributed by atoms with Gasteiger partial charge in [0, 0.05) is 33.3 Å². The van der Waals surface area contributed by atoms with Gasteiger partial charge in [0.25, 0.3) is 5.91 Å².